The predicted octanol–water partition coefficient (Wildman–Crippen LogP) is 5.32. The molecule has 0 aliphatic carbocycles. The largest absolute Gasteiger partial charge is 0.369 e. The molecule has 1 unspecified atom stereocenters. The zero-order valence-electron chi connectivity index (χ0n) is 17.9. The van der Waals surface area contributed by atoms with Gasteiger partial charge in [-0.05, 0) is 55.6 Å². The molecule has 4 nitrogen and oxygen atoms in total. The van der Waals surface area contributed by atoms with Crippen LogP contribution in [0.4, 0.5) is 11.4 Å². The van der Waals surface area contributed by atoms with Gasteiger partial charge in [0.05, 0.1) is 5.41 Å². The van der Waals surface area contributed by atoms with Crippen LogP contribution in [0.15, 0.2) is 48.5 Å². The Bertz CT molecular complexity index is 878. The van der Waals surface area contributed by atoms with Gasteiger partial charge in [0.2, 0.25) is 5.91 Å². The number of carbonyl (C=O) groups is 1. The second-order valence-corrected chi connectivity index (χ2v) is 8.99. The van der Waals surface area contributed by atoms with Gasteiger partial charge in [-0.15, -0.1) is 0 Å². The molecule has 2 aliphatic rings. The molecule has 0 bridgehead atoms. The normalized spacial score (nSPS) is 21.5. The Balaban J connectivity index is 1.20. The summed E-state index contributed by atoms with van der Waals surface area (Å²) in [6.45, 7) is 7.58. The Hall–Kier alpha value is -2.04. The molecule has 4 rings (SSSR count). The molecule has 30 heavy (non-hydrogen) atoms. The Labute approximate surface area is 185 Å². The number of rotatable bonds is 8. The predicted molar refractivity (Wildman–Crippen MR) is 126 cm³/mol. The molecule has 0 radical (unpaired) electrons. The third-order valence-corrected chi connectivity index (χ3v) is 7.09. The maximum Gasteiger partial charge on any atom is 0.235 e. The van der Waals surface area contributed by atoms with E-state index < -0.39 is 0 Å². The van der Waals surface area contributed by atoms with Crippen molar-refractivity contribution in [3.63, 3.8) is 0 Å². The lowest BCUT2D eigenvalue weighted by atomic mass is 9.75. The second kappa shape index (κ2) is 9.40. The van der Waals surface area contributed by atoms with E-state index in [0.717, 1.165) is 62.7 Å². The van der Waals surface area contributed by atoms with Crippen LogP contribution in [-0.2, 0) is 10.2 Å². The van der Waals surface area contributed by atoms with Crippen molar-refractivity contribution in [2.75, 3.05) is 42.9 Å². The summed E-state index contributed by atoms with van der Waals surface area (Å²) in [5.74, 6) is 0.184. The van der Waals surface area contributed by atoms with Crippen LogP contribution in [0.5, 0.6) is 0 Å². The van der Waals surface area contributed by atoms with Crippen LogP contribution in [0.2, 0.25) is 5.02 Å². The van der Waals surface area contributed by atoms with Gasteiger partial charge in [0, 0.05) is 42.6 Å². The molecule has 1 N–H and O–H groups in total. The second-order valence-electron chi connectivity index (χ2n) is 8.55. The molecule has 2 aliphatic heterocycles. The number of para-hydroxylation sites is 1. The third-order valence-electron chi connectivity index (χ3n) is 6.85. The first-order chi connectivity index (χ1) is 14.6. The molecule has 2 heterocycles. The van der Waals surface area contributed by atoms with Gasteiger partial charge in [-0.2, -0.15) is 0 Å². The third kappa shape index (κ3) is 4.35. The number of nitrogens with one attached hydrogen (secondary N) is 1. The van der Waals surface area contributed by atoms with Crippen LogP contribution in [-0.4, -0.2) is 43.5 Å². The molecule has 160 valence electrons. The fraction of sp³-hybridized carbons (Fsp3) is 0.480. The first-order valence-corrected chi connectivity index (χ1v) is 11.6. The van der Waals surface area contributed by atoms with Crippen LogP contribution in [0.25, 0.3) is 0 Å². The van der Waals surface area contributed by atoms with E-state index in [1.54, 1.807) is 0 Å². The summed E-state index contributed by atoms with van der Waals surface area (Å²) >= 11 is 6.13. The molecule has 1 amide bonds. The van der Waals surface area contributed by atoms with Gasteiger partial charge in [0.1, 0.15) is 0 Å². The quantitative estimate of drug-likeness (QED) is 0.581. The highest BCUT2D eigenvalue weighted by atomic mass is 35.5. The van der Waals surface area contributed by atoms with E-state index in [-0.39, 0.29) is 11.3 Å². The fourth-order valence-corrected chi connectivity index (χ4v) is 5.18. The van der Waals surface area contributed by atoms with Crippen molar-refractivity contribution in [3.8, 4) is 0 Å². The monoisotopic (exact) mass is 425 g/mol. The van der Waals surface area contributed by atoms with Gasteiger partial charge >= 0.3 is 0 Å². The average Bonchev–Trinajstić information content (AvgIpc) is 3.05. The van der Waals surface area contributed by atoms with E-state index in [4.69, 9.17) is 11.6 Å². The van der Waals surface area contributed by atoms with Crippen LogP contribution in [0.1, 0.15) is 44.6 Å². The molecule has 0 aromatic heterocycles. The number of benzene rings is 2. The number of fused-ring (bicyclic) bond motifs is 1. The summed E-state index contributed by atoms with van der Waals surface area (Å²) in [7, 11) is 0. The minimum absolute atomic E-state index is 0.184. The van der Waals surface area contributed by atoms with Crippen LogP contribution < -0.4 is 10.2 Å². The van der Waals surface area contributed by atoms with Crippen molar-refractivity contribution < 1.29 is 4.79 Å². The maximum absolute atomic E-state index is 12.7. The lowest BCUT2D eigenvalue weighted by molar-refractivity contribution is -0.121. The lowest BCUT2D eigenvalue weighted by Gasteiger charge is -2.36. The SMILES string of the molecule is CCC1(CCCCCN2CCN(c3cccc(Cl)c3)CC2)C(=O)Nc2ccccc21. The molecule has 5 heteroatoms. The Morgan fingerprint density at radius 1 is 1.00 bits per heavy atom. The highest BCUT2D eigenvalue weighted by molar-refractivity contribution is 6.30. The minimum Gasteiger partial charge on any atom is -0.369 e. The zero-order valence-corrected chi connectivity index (χ0v) is 18.6. The highest BCUT2D eigenvalue weighted by Crippen LogP contribution is 2.43. The van der Waals surface area contributed by atoms with Crippen molar-refractivity contribution in [1.82, 2.24) is 4.90 Å². The number of amides is 1. The average molecular weight is 426 g/mol. The molecule has 0 spiro atoms. The Morgan fingerprint density at radius 3 is 2.57 bits per heavy atom. The lowest BCUT2D eigenvalue weighted by Crippen LogP contribution is -2.46. The van der Waals surface area contributed by atoms with Crippen LogP contribution in [0.3, 0.4) is 0 Å². The summed E-state index contributed by atoms with van der Waals surface area (Å²) < 4.78 is 0. The number of nitrogens with zero attached hydrogens (tertiary/aromatic N) is 2. The Kier molecular flexibility index (Phi) is 6.64. The van der Waals surface area contributed by atoms with Gasteiger partial charge in [0.15, 0.2) is 0 Å². The first-order valence-electron chi connectivity index (χ1n) is 11.3. The molecule has 2 aromatic rings. The van der Waals surface area contributed by atoms with E-state index in [1.807, 2.05) is 30.3 Å². The summed E-state index contributed by atoms with van der Waals surface area (Å²) in [5.41, 5.74) is 3.08. The number of unbranched alkanes of at least 4 members (excludes halogenated alkanes) is 2. The van der Waals surface area contributed by atoms with Crippen molar-refractivity contribution in [1.29, 1.82) is 0 Å². The molecular weight excluding hydrogens is 394 g/mol. The highest BCUT2D eigenvalue weighted by Gasteiger charge is 2.44. The van der Waals surface area contributed by atoms with E-state index in [0.29, 0.717) is 0 Å². The molecule has 0 saturated carbocycles. The number of hydrogen-bond donors (Lipinski definition) is 1. The van der Waals surface area contributed by atoms with Gasteiger partial charge in [0.25, 0.3) is 0 Å². The fourth-order valence-electron chi connectivity index (χ4n) is 4.99. The standard InChI is InChI=1S/C25H32ClN3O/c1-2-25(22-11-4-5-12-23(22)27-24(25)30)13-6-3-7-14-28-15-17-29(18-16-28)21-10-8-9-20(26)19-21/h4-5,8-12,19H,2-3,6-7,13-18H2,1H3,(H,27,30). The summed E-state index contributed by atoms with van der Waals surface area (Å²) in [6, 6.07) is 16.3. The molecule has 1 saturated heterocycles. The summed E-state index contributed by atoms with van der Waals surface area (Å²) in [5, 5.41) is 3.90. The van der Waals surface area contributed by atoms with E-state index in [1.165, 1.54) is 24.1 Å². The molecule has 1 fully saturated rings. The maximum atomic E-state index is 12.7. The van der Waals surface area contributed by atoms with Gasteiger partial charge in [-0.1, -0.05) is 55.6 Å². The van der Waals surface area contributed by atoms with Crippen molar-refractivity contribution in [2.24, 2.45) is 0 Å². The molecule has 1 atom stereocenters. The zero-order chi connectivity index (χ0) is 21.0. The minimum atomic E-state index is -0.334. The van der Waals surface area contributed by atoms with Crippen LogP contribution in [0, 0.1) is 0 Å². The number of carbonyl (C=O) groups excluding carboxylic acids is 1. The number of piperazine rings is 1. The van der Waals surface area contributed by atoms with Gasteiger partial charge < -0.3 is 10.2 Å². The number of anilines is 2. The van der Waals surface area contributed by atoms with Gasteiger partial charge in [-0.25, -0.2) is 0 Å². The van der Waals surface area contributed by atoms with Crippen molar-refractivity contribution >= 4 is 28.9 Å². The van der Waals surface area contributed by atoms with Crippen molar-refractivity contribution in [3.05, 3.63) is 59.1 Å². The van der Waals surface area contributed by atoms with E-state index >= 15 is 0 Å². The van der Waals surface area contributed by atoms with Crippen molar-refractivity contribution in [2.45, 2.75) is 44.4 Å². The molecular formula is C25H32ClN3O. The van der Waals surface area contributed by atoms with E-state index in [9.17, 15) is 4.79 Å². The van der Waals surface area contributed by atoms with E-state index in [2.05, 4.69) is 40.2 Å². The van der Waals surface area contributed by atoms with Crippen LogP contribution >= 0.6 is 11.6 Å². The van der Waals surface area contributed by atoms with Gasteiger partial charge in [-0.3, -0.25) is 9.69 Å². The number of hydrogen-bond acceptors (Lipinski definition) is 3. The summed E-state index contributed by atoms with van der Waals surface area (Å²) in [6.07, 6.45) is 5.26. The molecule has 2 aromatic carbocycles. The topological polar surface area (TPSA) is 35.6 Å². The first kappa shape index (κ1) is 21.2. The Morgan fingerprint density at radius 2 is 1.80 bits per heavy atom. The smallest absolute Gasteiger partial charge is 0.235 e. The summed E-state index contributed by atoms with van der Waals surface area (Å²) in [4.78, 5) is 17.7. The number of halogens is 1.